The lowest BCUT2D eigenvalue weighted by molar-refractivity contribution is 0.214. The minimum absolute atomic E-state index is 0.127. The number of ether oxygens (including phenoxy) is 1. The van der Waals surface area contributed by atoms with Crippen molar-refractivity contribution >= 4 is 0 Å². The largest absolute Gasteiger partial charge is 0.497 e. The number of aliphatic hydroxyl groups excluding tert-OH is 1. The summed E-state index contributed by atoms with van der Waals surface area (Å²) in [5.74, 6) is 0.245. The SMILES string of the molecule is CCC(C)(CCO)NCc1ccc(OC)cc1F. The first-order valence-electron chi connectivity index (χ1n) is 6.23. The molecule has 0 bridgehead atoms. The molecule has 18 heavy (non-hydrogen) atoms. The average Bonchev–Trinajstić information content (AvgIpc) is 2.37. The highest BCUT2D eigenvalue weighted by molar-refractivity contribution is 5.28. The van der Waals surface area contributed by atoms with Gasteiger partial charge >= 0.3 is 0 Å². The molecule has 1 aromatic rings. The standard InChI is InChI=1S/C14H22FNO2/c1-4-14(2,7-8-17)16-10-11-5-6-12(18-3)9-13(11)15/h5-6,9,16-17H,4,7-8,10H2,1-3H3. The van der Waals surface area contributed by atoms with E-state index in [9.17, 15) is 4.39 Å². The predicted molar refractivity (Wildman–Crippen MR) is 70.2 cm³/mol. The Morgan fingerprint density at radius 3 is 2.67 bits per heavy atom. The number of aliphatic hydroxyl groups is 1. The highest BCUT2D eigenvalue weighted by Crippen LogP contribution is 2.19. The lowest BCUT2D eigenvalue weighted by Crippen LogP contribution is -2.42. The van der Waals surface area contributed by atoms with Crippen molar-refractivity contribution in [2.75, 3.05) is 13.7 Å². The molecule has 1 unspecified atom stereocenters. The zero-order chi connectivity index (χ0) is 13.6. The van der Waals surface area contributed by atoms with Crippen LogP contribution in [0, 0.1) is 5.82 Å². The van der Waals surface area contributed by atoms with E-state index < -0.39 is 0 Å². The van der Waals surface area contributed by atoms with Gasteiger partial charge in [0.1, 0.15) is 11.6 Å². The van der Waals surface area contributed by atoms with Crippen LogP contribution in [-0.2, 0) is 6.54 Å². The van der Waals surface area contributed by atoms with Crippen molar-refractivity contribution in [1.82, 2.24) is 5.32 Å². The third-order valence-electron chi connectivity index (χ3n) is 3.41. The van der Waals surface area contributed by atoms with Crippen molar-refractivity contribution in [2.45, 2.75) is 38.8 Å². The Kier molecular flexibility index (Phi) is 5.56. The molecule has 0 saturated carbocycles. The van der Waals surface area contributed by atoms with Crippen LogP contribution >= 0.6 is 0 Å². The quantitative estimate of drug-likeness (QED) is 0.786. The van der Waals surface area contributed by atoms with E-state index >= 15 is 0 Å². The topological polar surface area (TPSA) is 41.5 Å². The summed E-state index contributed by atoms with van der Waals surface area (Å²) in [6.45, 7) is 4.65. The molecule has 1 atom stereocenters. The number of hydrogen-bond donors (Lipinski definition) is 2. The van der Waals surface area contributed by atoms with Gasteiger partial charge in [-0.25, -0.2) is 4.39 Å². The van der Waals surface area contributed by atoms with Crippen molar-refractivity contribution in [1.29, 1.82) is 0 Å². The minimum atomic E-state index is -0.274. The molecule has 3 nitrogen and oxygen atoms in total. The maximum Gasteiger partial charge on any atom is 0.131 e. The van der Waals surface area contributed by atoms with E-state index in [-0.39, 0.29) is 18.0 Å². The fourth-order valence-corrected chi connectivity index (χ4v) is 1.74. The molecule has 0 saturated heterocycles. The van der Waals surface area contributed by atoms with E-state index in [2.05, 4.69) is 5.32 Å². The first-order chi connectivity index (χ1) is 8.54. The van der Waals surface area contributed by atoms with E-state index in [1.807, 2.05) is 13.8 Å². The number of methoxy groups -OCH3 is 1. The monoisotopic (exact) mass is 255 g/mol. The number of rotatable bonds is 7. The Hall–Kier alpha value is -1.13. The minimum Gasteiger partial charge on any atom is -0.497 e. The third kappa shape index (κ3) is 3.96. The Labute approximate surface area is 108 Å². The smallest absolute Gasteiger partial charge is 0.131 e. The van der Waals surface area contributed by atoms with Crippen molar-refractivity contribution in [3.63, 3.8) is 0 Å². The fourth-order valence-electron chi connectivity index (χ4n) is 1.74. The summed E-state index contributed by atoms with van der Waals surface area (Å²) >= 11 is 0. The van der Waals surface area contributed by atoms with Gasteiger partial charge in [-0.05, 0) is 25.8 Å². The van der Waals surface area contributed by atoms with Crippen LogP contribution in [0.25, 0.3) is 0 Å². The molecule has 1 rings (SSSR count). The number of benzene rings is 1. The summed E-state index contributed by atoms with van der Waals surface area (Å²) in [4.78, 5) is 0. The van der Waals surface area contributed by atoms with Crippen LogP contribution in [0.15, 0.2) is 18.2 Å². The van der Waals surface area contributed by atoms with Gasteiger partial charge in [-0.3, -0.25) is 0 Å². The molecule has 0 aliphatic carbocycles. The molecular weight excluding hydrogens is 233 g/mol. The molecule has 0 aromatic heterocycles. The molecule has 102 valence electrons. The van der Waals surface area contributed by atoms with Gasteiger partial charge < -0.3 is 15.2 Å². The Morgan fingerprint density at radius 1 is 1.44 bits per heavy atom. The second-order valence-electron chi connectivity index (χ2n) is 4.70. The normalized spacial score (nSPS) is 14.3. The zero-order valence-corrected chi connectivity index (χ0v) is 11.3. The van der Waals surface area contributed by atoms with Crippen LogP contribution in [0.4, 0.5) is 4.39 Å². The molecule has 1 aromatic carbocycles. The molecular formula is C14H22FNO2. The first kappa shape index (κ1) is 14.9. The summed E-state index contributed by atoms with van der Waals surface area (Å²) in [5.41, 5.74) is 0.439. The van der Waals surface area contributed by atoms with Crippen molar-refractivity contribution < 1.29 is 14.2 Å². The van der Waals surface area contributed by atoms with E-state index in [4.69, 9.17) is 9.84 Å². The van der Waals surface area contributed by atoms with Crippen LogP contribution < -0.4 is 10.1 Å². The molecule has 0 spiro atoms. The summed E-state index contributed by atoms with van der Waals surface area (Å²) in [7, 11) is 1.52. The Morgan fingerprint density at radius 2 is 2.17 bits per heavy atom. The second-order valence-corrected chi connectivity index (χ2v) is 4.70. The van der Waals surface area contributed by atoms with Crippen molar-refractivity contribution in [2.24, 2.45) is 0 Å². The van der Waals surface area contributed by atoms with Gasteiger partial charge in [-0.15, -0.1) is 0 Å². The predicted octanol–water partition coefficient (Wildman–Crippen LogP) is 2.48. The molecule has 0 heterocycles. The van der Waals surface area contributed by atoms with Gasteiger partial charge in [0.25, 0.3) is 0 Å². The maximum atomic E-state index is 13.7. The van der Waals surface area contributed by atoms with Crippen LogP contribution in [0.3, 0.4) is 0 Å². The summed E-state index contributed by atoms with van der Waals surface area (Å²) in [5, 5.41) is 12.3. The summed E-state index contributed by atoms with van der Waals surface area (Å²) < 4.78 is 18.7. The highest BCUT2D eigenvalue weighted by atomic mass is 19.1. The van der Waals surface area contributed by atoms with E-state index in [0.717, 1.165) is 6.42 Å². The lowest BCUT2D eigenvalue weighted by Gasteiger charge is -2.29. The Balaban J connectivity index is 2.68. The third-order valence-corrected chi connectivity index (χ3v) is 3.41. The molecule has 4 heteroatoms. The first-order valence-corrected chi connectivity index (χ1v) is 6.23. The van der Waals surface area contributed by atoms with Crippen LogP contribution in [0.2, 0.25) is 0 Å². The van der Waals surface area contributed by atoms with Crippen molar-refractivity contribution in [3.05, 3.63) is 29.6 Å². The van der Waals surface area contributed by atoms with Crippen LogP contribution in [0.1, 0.15) is 32.3 Å². The number of halogens is 1. The number of hydrogen-bond acceptors (Lipinski definition) is 3. The van der Waals surface area contributed by atoms with Gasteiger partial charge in [0.15, 0.2) is 0 Å². The van der Waals surface area contributed by atoms with Gasteiger partial charge in [0.2, 0.25) is 0 Å². The zero-order valence-electron chi connectivity index (χ0n) is 11.3. The lowest BCUT2D eigenvalue weighted by atomic mass is 9.94. The van der Waals surface area contributed by atoms with Gasteiger partial charge in [-0.2, -0.15) is 0 Å². The van der Waals surface area contributed by atoms with Gasteiger partial charge in [-0.1, -0.05) is 13.0 Å². The Bertz CT molecular complexity index is 384. The summed E-state index contributed by atoms with van der Waals surface area (Å²) in [6, 6.07) is 4.85. The molecule has 0 amide bonds. The molecule has 2 N–H and O–H groups in total. The maximum absolute atomic E-state index is 13.7. The molecule has 0 aliphatic heterocycles. The highest BCUT2D eigenvalue weighted by Gasteiger charge is 2.20. The molecule has 0 fully saturated rings. The van der Waals surface area contributed by atoms with E-state index in [1.54, 1.807) is 12.1 Å². The van der Waals surface area contributed by atoms with E-state index in [1.165, 1.54) is 13.2 Å². The fraction of sp³-hybridized carbons (Fsp3) is 0.571. The van der Waals surface area contributed by atoms with Crippen molar-refractivity contribution in [3.8, 4) is 5.75 Å². The van der Waals surface area contributed by atoms with Crippen LogP contribution in [0.5, 0.6) is 5.75 Å². The summed E-state index contributed by atoms with van der Waals surface area (Å²) in [6.07, 6.45) is 1.53. The molecule has 0 aliphatic rings. The van der Waals surface area contributed by atoms with E-state index in [0.29, 0.717) is 24.3 Å². The number of nitrogens with one attached hydrogen (secondary N) is 1. The molecule has 0 radical (unpaired) electrons. The van der Waals surface area contributed by atoms with Gasteiger partial charge in [0, 0.05) is 30.3 Å². The van der Waals surface area contributed by atoms with Crippen LogP contribution in [-0.4, -0.2) is 24.4 Å². The second kappa shape index (κ2) is 6.71. The average molecular weight is 255 g/mol. The van der Waals surface area contributed by atoms with Gasteiger partial charge in [0.05, 0.1) is 7.11 Å².